The molecule has 1 N–H and O–H groups in total. The quantitative estimate of drug-likeness (QED) is 0.449. The topological polar surface area (TPSA) is 93.4 Å². The second-order valence-electron chi connectivity index (χ2n) is 4.30. The summed E-state index contributed by atoms with van der Waals surface area (Å²) in [6.45, 7) is 2.78. The highest BCUT2D eigenvalue weighted by atomic mass is 16.6. The first-order valence-corrected chi connectivity index (χ1v) is 5.94. The average Bonchev–Trinajstić information content (AvgIpc) is 2.33. The van der Waals surface area contributed by atoms with Crippen LogP contribution in [0.15, 0.2) is 0 Å². The Morgan fingerprint density at radius 2 is 2.11 bits per heavy atom. The minimum atomic E-state index is -0.518. The summed E-state index contributed by atoms with van der Waals surface area (Å²) >= 11 is 0. The zero-order chi connectivity index (χ0) is 14.4. The Labute approximate surface area is 112 Å². The van der Waals surface area contributed by atoms with Crippen LogP contribution >= 0.6 is 0 Å². The van der Waals surface area contributed by atoms with E-state index in [1.54, 1.807) is 14.0 Å². The molecular weight excluding hydrogens is 250 g/mol. The van der Waals surface area contributed by atoms with Gasteiger partial charge in [0.1, 0.15) is 5.69 Å². The molecule has 19 heavy (non-hydrogen) atoms. The van der Waals surface area contributed by atoms with Gasteiger partial charge in [-0.25, -0.2) is 4.98 Å². The summed E-state index contributed by atoms with van der Waals surface area (Å²) < 4.78 is 5.41. The lowest BCUT2D eigenvalue weighted by Crippen LogP contribution is -2.16. The molecule has 0 aliphatic heterocycles. The highest BCUT2D eigenvalue weighted by molar-refractivity contribution is 5.48. The first-order chi connectivity index (χ1) is 8.95. The van der Waals surface area contributed by atoms with E-state index in [9.17, 15) is 10.1 Å². The Hall–Kier alpha value is -1.96. The molecule has 1 aromatic rings. The number of aromatic nitrogens is 2. The fraction of sp³-hybridized carbons (Fsp3) is 0.636. The molecule has 0 saturated carbocycles. The molecule has 0 atom stereocenters. The first-order valence-electron chi connectivity index (χ1n) is 5.94. The molecule has 0 spiro atoms. The van der Waals surface area contributed by atoms with E-state index >= 15 is 0 Å². The van der Waals surface area contributed by atoms with Gasteiger partial charge in [0.15, 0.2) is 0 Å². The summed E-state index contributed by atoms with van der Waals surface area (Å²) in [4.78, 5) is 20.5. The monoisotopic (exact) mass is 269 g/mol. The number of hydrogen-bond donors (Lipinski definition) is 1. The molecule has 0 fully saturated rings. The van der Waals surface area contributed by atoms with Gasteiger partial charge in [-0.2, -0.15) is 4.98 Å². The summed E-state index contributed by atoms with van der Waals surface area (Å²) in [7, 11) is 5.56. The van der Waals surface area contributed by atoms with Gasteiger partial charge < -0.3 is 15.0 Å². The van der Waals surface area contributed by atoms with Crippen molar-refractivity contribution in [3.05, 3.63) is 15.8 Å². The van der Waals surface area contributed by atoms with Gasteiger partial charge in [-0.3, -0.25) is 10.1 Å². The molecular formula is C11H19N5O3. The summed E-state index contributed by atoms with van der Waals surface area (Å²) in [6, 6.07) is 0. The SMILES string of the molecule is CNc1nc(C)c([N+](=O)[O-])c(OCCCN(C)C)n1. The van der Waals surface area contributed by atoms with Gasteiger partial charge in [-0.15, -0.1) is 0 Å². The maximum absolute atomic E-state index is 11.0. The minimum absolute atomic E-state index is 0.0145. The number of nitrogens with zero attached hydrogens (tertiary/aromatic N) is 4. The molecule has 1 heterocycles. The molecule has 0 amide bonds. The van der Waals surface area contributed by atoms with Crippen LogP contribution in [-0.2, 0) is 0 Å². The predicted octanol–water partition coefficient (Wildman–Crippen LogP) is 1.07. The molecule has 0 aliphatic rings. The van der Waals surface area contributed by atoms with Crippen molar-refractivity contribution in [2.75, 3.05) is 39.6 Å². The van der Waals surface area contributed by atoms with E-state index in [-0.39, 0.29) is 17.3 Å². The van der Waals surface area contributed by atoms with Crippen LogP contribution < -0.4 is 10.1 Å². The van der Waals surface area contributed by atoms with Crippen LogP contribution in [0, 0.1) is 17.0 Å². The maximum atomic E-state index is 11.0. The smallest absolute Gasteiger partial charge is 0.352 e. The van der Waals surface area contributed by atoms with Gasteiger partial charge in [-0.1, -0.05) is 0 Å². The van der Waals surface area contributed by atoms with Gasteiger partial charge in [0.2, 0.25) is 5.95 Å². The Balaban J connectivity index is 2.84. The number of rotatable bonds is 7. The van der Waals surface area contributed by atoms with Crippen LogP contribution in [0.25, 0.3) is 0 Å². The average molecular weight is 269 g/mol. The van der Waals surface area contributed by atoms with Crippen molar-refractivity contribution >= 4 is 11.6 Å². The molecule has 0 unspecified atom stereocenters. The third kappa shape index (κ3) is 4.32. The standard InChI is InChI=1S/C11H19N5O3/c1-8-9(16(17)18)10(14-11(12-2)13-8)19-7-5-6-15(3)4/h5-7H2,1-4H3,(H,12,13,14). The third-order valence-electron chi connectivity index (χ3n) is 2.42. The van der Waals surface area contributed by atoms with Crippen molar-refractivity contribution in [2.24, 2.45) is 0 Å². The van der Waals surface area contributed by atoms with E-state index in [2.05, 4.69) is 15.3 Å². The van der Waals surface area contributed by atoms with Gasteiger partial charge in [-0.05, 0) is 27.4 Å². The van der Waals surface area contributed by atoms with Crippen molar-refractivity contribution in [1.29, 1.82) is 0 Å². The Bertz CT molecular complexity index is 450. The van der Waals surface area contributed by atoms with Crippen LogP contribution in [0.4, 0.5) is 11.6 Å². The predicted molar refractivity (Wildman–Crippen MR) is 71.6 cm³/mol. The molecule has 0 aliphatic carbocycles. The van der Waals surface area contributed by atoms with Crippen LogP contribution in [0.5, 0.6) is 5.88 Å². The number of anilines is 1. The first kappa shape index (κ1) is 15.1. The fourth-order valence-electron chi connectivity index (χ4n) is 1.51. The molecule has 0 radical (unpaired) electrons. The van der Waals surface area contributed by atoms with Crippen molar-refractivity contribution in [1.82, 2.24) is 14.9 Å². The van der Waals surface area contributed by atoms with Crippen molar-refractivity contribution in [2.45, 2.75) is 13.3 Å². The Kier molecular flexibility index (Phi) is 5.43. The van der Waals surface area contributed by atoms with E-state index in [1.165, 1.54) is 0 Å². The highest BCUT2D eigenvalue weighted by Crippen LogP contribution is 2.28. The van der Waals surface area contributed by atoms with Crippen LogP contribution in [0.1, 0.15) is 12.1 Å². The van der Waals surface area contributed by atoms with Crippen LogP contribution in [-0.4, -0.2) is 54.1 Å². The molecule has 0 aromatic carbocycles. The molecule has 106 valence electrons. The number of hydrogen-bond acceptors (Lipinski definition) is 7. The molecule has 0 bridgehead atoms. The van der Waals surface area contributed by atoms with Crippen molar-refractivity contribution < 1.29 is 9.66 Å². The van der Waals surface area contributed by atoms with Gasteiger partial charge in [0.25, 0.3) is 5.88 Å². The van der Waals surface area contributed by atoms with E-state index in [0.29, 0.717) is 12.6 Å². The second kappa shape index (κ2) is 6.83. The fourth-order valence-corrected chi connectivity index (χ4v) is 1.51. The highest BCUT2D eigenvalue weighted by Gasteiger charge is 2.23. The van der Waals surface area contributed by atoms with E-state index in [4.69, 9.17) is 4.74 Å². The zero-order valence-electron chi connectivity index (χ0n) is 11.6. The summed E-state index contributed by atoms with van der Waals surface area (Å²) in [5.41, 5.74) is 0.107. The minimum Gasteiger partial charge on any atom is -0.473 e. The van der Waals surface area contributed by atoms with E-state index in [0.717, 1.165) is 13.0 Å². The largest absolute Gasteiger partial charge is 0.473 e. The molecule has 1 rings (SSSR count). The van der Waals surface area contributed by atoms with Gasteiger partial charge >= 0.3 is 5.69 Å². The molecule has 0 saturated heterocycles. The summed E-state index contributed by atoms with van der Waals surface area (Å²) in [6.07, 6.45) is 0.766. The number of nitrogens with one attached hydrogen (secondary N) is 1. The Morgan fingerprint density at radius 3 is 2.63 bits per heavy atom. The lowest BCUT2D eigenvalue weighted by Gasteiger charge is -2.11. The van der Waals surface area contributed by atoms with Crippen molar-refractivity contribution in [3.8, 4) is 5.88 Å². The van der Waals surface area contributed by atoms with Crippen LogP contribution in [0.2, 0.25) is 0 Å². The Morgan fingerprint density at radius 1 is 1.42 bits per heavy atom. The molecule has 8 heteroatoms. The molecule has 8 nitrogen and oxygen atoms in total. The van der Waals surface area contributed by atoms with Gasteiger partial charge in [0.05, 0.1) is 11.5 Å². The lowest BCUT2D eigenvalue weighted by molar-refractivity contribution is -0.387. The molecule has 1 aromatic heterocycles. The summed E-state index contributed by atoms with van der Waals surface area (Å²) in [5.74, 6) is 0.325. The number of aryl methyl sites for hydroxylation is 1. The third-order valence-corrected chi connectivity index (χ3v) is 2.42. The normalized spacial score (nSPS) is 10.6. The second-order valence-corrected chi connectivity index (χ2v) is 4.30. The van der Waals surface area contributed by atoms with Crippen LogP contribution in [0.3, 0.4) is 0 Å². The lowest BCUT2D eigenvalue weighted by atomic mass is 10.3. The summed E-state index contributed by atoms with van der Waals surface area (Å²) in [5, 5.41) is 13.7. The van der Waals surface area contributed by atoms with E-state index < -0.39 is 4.92 Å². The zero-order valence-corrected chi connectivity index (χ0v) is 11.6. The number of ether oxygens (including phenoxy) is 1. The maximum Gasteiger partial charge on any atom is 0.352 e. The van der Waals surface area contributed by atoms with E-state index in [1.807, 2.05) is 19.0 Å². The number of nitro groups is 1. The van der Waals surface area contributed by atoms with Gasteiger partial charge in [0, 0.05) is 13.6 Å². The van der Waals surface area contributed by atoms with Crippen molar-refractivity contribution in [3.63, 3.8) is 0 Å².